The van der Waals surface area contributed by atoms with Gasteiger partial charge in [0.15, 0.2) is 0 Å². The molecule has 0 heterocycles. The van der Waals surface area contributed by atoms with E-state index in [4.69, 9.17) is 4.74 Å². The molecule has 0 unspecified atom stereocenters. The molecule has 1 rings (SSSR count). The Morgan fingerprint density at radius 2 is 2.10 bits per heavy atom. The summed E-state index contributed by atoms with van der Waals surface area (Å²) >= 11 is 0. The average Bonchev–Trinajstić information content (AvgIpc) is 2.14. The molecule has 1 aliphatic rings. The molecule has 0 aliphatic heterocycles. The summed E-state index contributed by atoms with van der Waals surface area (Å²) in [5, 5.41) is 0. The first-order chi connectivity index (χ1) is 3.43. The third kappa shape index (κ3) is 5.37. The van der Waals surface area contributed by atoms with E-state index >= 15 is 0 Å². The first-order valence-electron chi connectivity index (χ1n) is 2.25. The van der Waals surface area contributed by atoms with E-state index in [1.807, 2.05) is 12.2 Å². The molecule has 55 valence electrons. The van der Waals surface area contributed by atoms with Crippen LogP contribution in [0.4, 0.5) is 0 Å². The zero-order chi connectivity index (χ0) is 5.11. The Hall–Kier alpha value is 0.574. The van der Waals surface area contributed by atoms with E-state index in [-0.39, 0.29) is 46.5 Å². The fourth-order valence-corrected chi connectivity index (χ4v) is 0.525. The smallest absolute Gasteiger partial charge is 1.00 e. The van der Waals surface area contributed by atoms with Gasteiger partial charge in [-0.25, -0.2) is 6.08 Å². The summed E-state index contributed by atoms with van der Waals surface area (Å²) in [7, 11) is 1.65. The zero-order valence-electron chi connectivity index (χ0n) is 5.53. The van der Waals surface area contributed by atoms with Crippen LogP contribution in [0.15, 0.2) is 17.9 Å². The topological polar surface area (TPSA) is 9.23 Å². The summed E-state index contributed by atoms with van der Waals surface area (Å²) in [6, 6.07) is 0. The SMILES string of the molecule is COC1=[C-]CC=C1.[Cl-].[Cl-].[Ti+3]. The molecule has 0 aromatic heterocycles. The van der Waals surface area contributed by atoms with Gasteiger partial charge in [0, 0.05) is 0 Å². The number of methoxy groups -OCH3 is 1. The molecule has 4 heteroatoms. The maximum absolute atomic E-state index is 4.83. The monoisotopic (exact) mass is 213 g/mol. The Kier molecular flexibility index (Phi) is 16.2. The first-order valence-corrected chi connectivity index (χ1v) is 2.25. The van der Waals surface area contributed by atoms with Crippen LogP contribution in [0.25, 0.3) is 0 Å². The Bertz CT molecular complexity index is 123. The molecule has 0 saturated carbocycles. The van der Waals surface area contributed by atoms with E-state index in [1.165, 1.54) is 0 Å². The summed E-state index contributed by atoms with van der Waals surface area (Å²) in [6.45, 7) is 0. The van der Waals surface area contributed by atoms with Crippen LogP contribution >= 0.6 is 0 Å². The van der Waals surface area contributed by atoms with E-state index in [2.05, 4.69) is 6.08 Å². The van der Waals surface area contributed by atoms with Crippen molar-refractivity contribution in [1.82, 2.24) is 0 Å². The van der Waals surface area contributed by atoms with Crippen LogP contribution in [0.3, 0.4) is 0 Å². The second kappa shape index (κ2) is 9.57. The number of allylic oxidation sites excluding steroid dienone is 3. The van der Waals surface area contributed by atoms with Crippen molar-refractivity contribution >= 4 is 0 Å². The zero-order valence-corrected chi connectivity index (χ0v) is 8.60. The number of hydrogen-bond acceptors (Lipinski definition) is 1. The van der Waals surface area contributed by atoms with Crippen molar-refractivity contribution in [3.63, 3.8) is 0 Å². The molecule has 0 aromatic carbocycles. The first kappa shape index (κ1) is 16.9. The maximum atomic E-state index is 4.83. The van der Waals surface area contributed by atoms with Crippen LogP contribution in [0.5, 0.6) is 0 Å². The maximum Gasteiger partial charge on any atom is 3.00 e. The summed E-state index contributed by atoms with van der Waals surface area (Å²) in [5.74, 6) is 0.861. The van der Waals surface area contributed by atoms with Gasteiger partial charge in [0.25, 0.3) is 0 Å². The molecule has 1 radical (unpaired) electrons. The van der Waals surface area contributed by atoms with E-state index in [0.717, 1.165) is 12.2 Å². The normalized spacial score (nSPS) is 11.9. The van der Waals surface area contributed by atoms with Gasteiger partial charge >= 0.3 is 21.7 Å². The molecular weight excluding hydrogens is 207 g/mol. The molecule has 0 N–H and O–H groups in total. The van der Waals surface area contributed by atoms with Gasteiger partial charge in [-0.3, -0.25) is 0 Å². The Morgan fingerprint density at radius 3 is 2.30 bits per heavy atom. The Labute approximate surface area is 88.6 Å². The Morgan fingerprint density at radius 1 is 1.50 bits per heavy atom. The van der Waals surface area contributed by atoms with E-state index in [9.17, 15) is 0 Å². The molecule has 0 bridgehead atoms. The third-order valence-electron chi connectivity index (χ3n) is 0.883. The molecule has 1 nitrogen and oxygen atoms in total. The van der Waals surface area contributed by atoms with Gasteiger partial charge < -0.3 is 29.6 Å². The van der Waals surface area contributed by atoms with Crippen LogP contribution in [0.2, 0.25) is 0 Å². The van der Waals surface area contributed by atoms with E-state index in [1.54, 1.807) is 7.11 Å². The van der Waals surface area contributed by atoms with Crippen molar-refractivity contribution in [2.75, 3.05) is 7.11 Å². The second-order valence-electron chi connectivity index (χ2n) is 1.35. The van der Waals surface area contributed by atoms with Gasteiger partial charge in [-0.05, 0) is 0 Å². The molecule has 0 amide bonds. The Balaban J connectivity index is -0.000000163. The number of rotatable bonds is 1. The summed E-state index contributed by atoms with van der Waals surface area (Å²) in [5.41, 5.74) is 0. The molecule has 0 spiro atoms. The van der Waals surface area contributed by atoms with E-state index in [0.29, 0.717) is 0 Å². The molecule has 0 atom stereocenters. The van der Waals surface area contributed by atoms with Crippen LogP contribution in [0, 0.1) is 6.08 Å². The molecule has 0 fully saturated rings. The van der Waals surface area contributed by atoms with Crippen molar-refractivity contribution < 1.29 is 51.3 Å². The predicted molar refractivity (Wildman–Crippen MR) is 27.5 cm³/mol. The summed E-state index contributed by atoms with van der Waals surface area (Å²) in [6.07, 6.45) is 7.82. The third-order valence-corrected chi connectivity index (χ3v) is 0.883. The van der Waals surface area contributed by atoms with Gasteiger partial charge in [-0.15, -0.1) is 6.42 Å². The van der Waals surface area contributed by atoms with Gasteiger partial charge in [0.1, 0.15) is 0 Å². The quantitative estimate of drug-likeness (QED) is 0.314. The van der Waals surface area contributed by atoms with Crippen molar-refractivity contribution in [3.05, 3.63) is 24.0 Å². The second-order valence-corrected chi connectivity index (χ2v) is 1.35. The minimum absolute atomic E-state index is 0. The van der Waals surface area contributed by atoms with Crippen LogP contribution in [-0.2, 0) is 26.5 Å². The van der Waals surface area contributed by atoms with E-state index < -0.39 is 0 Å². The minimum Gasteiger partial charge on any atom is -1.00 e. The molecular formula is C6H7Cl2OTi. The molecule has 1 aliphatic carbocycles. The minimum atomic E-state index is 0. The molecule has 0 saturated heterocycles. The van der Waals surface area contributed by atoms with Crippen molar-refractivity contribution in [2.24, 2.45) is 0 Å². The predicted octanol–water partition coefficient (Wildman–Crippen LogP) is -4.71. The standard InChI is InChI=1S/C6H7O.2ClH.Ti/c1-7-6-4-2-3-5-6;;;/h2,4H,3H2,1H3;2*1H;/q-1;;;+3/p-2. The van der Waals surface area contributed by atoms with Gasteiger partial charge in [-0.1, -0.05) is 5.76 Å². The van der Waals surface area contributed by atoms with Crippen molar-refractivity contribution in [3.8, 4) is 0 Å². The number of halogens is 2. The summed E-state index contributed by atoms with van der Waals surface area (Å²) < 4.78 is 4.83. The average molecular weight is 214 g/mol. The van der Waals surface area contributed by atoms with Crippen LogP contribution < -0.4 is 24.8 Å². The van der Waals surface area contributed by atoms with Crippen LogP contribution in [0.1, 0.15) is 6.42 Å². The fraction of sp³-hybridized carbons (Fsp3) is 0.333. The number of ether oxygens (including phenoxy) is 1. The van der Waals surface area contributed by atoms with Crippen LogP contribution in [-0.4, -0.2) is 7.11 Å². The largest absolute Gasteiger partial charge is 3.00 e. The van der Waals surface area contributed by atoms with Gasteiger partial charge in [0.05, 0.1) is 7.11 Å². The van der Waals surface area contributed by atoms with Gasteiger partial charge in [0.2, 0.25) is 0 Å². The molecule has 0 aromatic rings. The van der Waals surface area contributed by atoms with Crippen molar-refractivity contribution in [2.45, 2.75) is 6.42 Å². The van der Waals surface area contributed by atoms with Crippen molar-refractivity contribution in [1.29, 1.82) is 0 Å². The number of hydrogen-bond donors (Lipinski definition) is 0. The van der Waals surface area contributed by atoms with Gasteiger partial charge in [-0.2, -0.15) is 12.2 Å². The molecule has 10 heavy (non-hydrogen) atoms. The fourth-order valence-electron chi connectivity index (χ4n) is 0.525. The summed E-state index contributed by atoms with van der Waals surface area (Å²) in [4.78, 5) is 0.